The van der Waals surface area contributed by atoms with Crippen molar-refractivity contribution in [3.05, 3.63) is 29.8 Å². The van der Waals surface area contributed by atoms with E-state index >= 15 is 0 Å². The average Bonchev–Trinajstić information content (AvgIpc) is 2.92. The Hall–Kier alpha value is -1.00. The monoisotopic (exact) mass is 334 g/mol. The molecule has 3 rings (SSSR count). The Morgan fingerprint density at radius 3 is 2.83 bits per heavy atom. The van der Waals surface area contributed by atoms with Crippen LogP contribution in [0.15, 0.2) is 29.2 Å². The van der Waals surface area contributed by atoms with E-state index in [1.807, 2.05) is 6.92 Å². The van der Waals surface area contributed by atoms with E-state index in [4.69, 9.17) is 9.47 Å². The molecule has 0 spiro atoms. The zero-order valence-corrected chi connectivity index (χ0v) is 14.9. The van der Waals surface area contributed by atoms with Gasteiger partial charge < -0.3 is 9.47 Å². The van der Waals surface area contributed by atoms with E-state index in [0.29, 0.717) is 18.9 Å². The Labute approximate surface area is 143 Å². The molecule has 1 aliphatic heterocycles. The van der Waals surface area contributed by atoms with Crippen molar-refractivity contribution in [2.24, 2.45) is 5.92 Å². The van der Waals surface area contributed by atoms with Gasteiger partial charge in [-0.05, 0) is 57.6 Å². The Balaban J connectivity index is 1.68. The molecule has 3 nitrogen and oxygen atoms in total. The second-order valence-corrected chi connectivity index (χ2v) is 7.92. The van der Waals surface area contributed by atoms with Crippen LogP contribution in [0.3, 0.4) is 0 Å². The number of fused-ring (bicyclic) bond motifs is 1. The summed E-state index contributed by atoms with van der Waals surface area (Å²) >= 11 is 1.79. The lowest BCUT2D eigenvalue weighted by atomic mass is 9.82. The maximum atomic E-state index is 12.0. The maximum Gasteiger partial charge on any atom is 0.308 e. The summed E-state index contributed by atoms with van der Waals surface area (Å²) in [6, 6.07) is 8.58. The second kappa shape index (κ2) is 7.27. The van der Waals surface area contributed by atoms with Gasteiger partial charge in [0, 0.05) is 4.90 Å². The largest absolute Gasteiger partial charge is 0.466 e. The molecule has 0 aromatic heterocycles. The van der Waals surface area contributed by atoms with Gasteiger partial charge in [0.05, 0.1) is 18.6 Å². The molecule has 23 heavy (non-hydrogen) atoms. The van der Waals surface area contributed by atoms with E-state index < -0.39 is 0 Å². The smallest absolute Gasteiger partial charge is 0.308 e. The van der Waals surface area contributed by atoms with Gasteiger partial charge >= 0.3 is 5.97 Å². The third kappa shape index (κ3) is 3.92. The first kappa shape index (κ1) is 16.8. The maximum absolute atomic E-state index is 12.0. The lowest BCUT2D eigenvalue weighted by Crippen LogP contribution is -2.45. The first-order valence-corrected chi connectivity index (χ1v) is 9.56. The summed E-state index contributed by atoms with van der Waals surface area (Å²) in [6.45, 7) is 4.41. The average molecular weight is 334 g/mol. The highest BCUT2D eigenvalue weighted by molar-refractivity contribution is 7.99. The summed E-state index contributed by atoms with van der Waals surface area (Å²) in [5.74, 6) is 0.405. The van der Waals surface area contributed by atoms with Crippen LogP contribution in [0.4, 0.5) is 0 Å². The predicted molar refractivity (Wildman–Crippen MR) is 92.5 cm³/mol. The normalized spacial score (nSPS) is 30.0. The lowest BCUT2D eigenvalue weighted by molar-refractivity contribution is -0.163. The van der Waals surface area contributed by atoms with Crippen LogP contribution in [0, 0.1) is 12.8 Å². The number of benzene rings is 1. The first-order chi connectivity index (χ1) is 11.1. The fourth-order valence-electron chi connectivity index (χ4n) is 3.92. The van der Waals surface area contributed by atoms with Crippen LogP contribution in [0.2, 0.25) is 0 Å². The van der Waals surface area contributed by atoms with E-state index in [1.165, 1.54) is 16.9 Å². The summed E-state index contributed by atoms with van der Waals surface area (Å²) in [5.41, 5.74) is 1.13. The minimum Gasteiger partial charge on any atom is -0.466 e. The molecule has 4 heteroatoms. The van der Waals surface area contributed by atoms with Gasteiger partial charge in [0.2, 0.25) is 0 Å². The number of ether oxygens (including phenoxy) is 2. The topological polar surface area (TPSA) is 35.5 Å². The van der Waals surface area contributed by atoms with Gasteiger partial charge in [-0.3, -0.25) is 4.79 Å². The molecular formula is C19H26O3S. The summed E-state index contributed by atoms with van der Waals surface area (Å²) in [7, 11) is 0. The number of thioether (sulfide) groups is 1. The summed E-state index contributed by atoms with van der Waals surface area (Å²) in [6.07, 6.45) is 5.96. The minimum atomic E-state index is -0.285. The number of hydrogen-bond acceptors (Lipinski definition) is 4. The van der Waals surface area contributed by atoms with Crippen molar-refractivity contribution in [1.82, 2.24) is 0 Å². The SMILES string of the molecule is CCOC(=O)C[C@@]12CCC[C@@H]1CC[C@H](Sc1ccc(C)cc1)O2. The molecular weight excluding hydrogens is 308 g/mol. The number of rotatable bonds is 5. The summed E-state index contributed by atoms with van der Waals surface area (Å²) in [4.78, 5) is 13.3. The lowest BCUT2D eigenvalue weighted by Gasteiger charge is -2.42. The summed E-state index contributed by atoms with van der Waals surface area (Å²) < 4.78 is 11.7. The van der Waals surface area contributed by atoms with E-state index in [2.05, 4.69) is 31.2 Å². The highest BCUT2D eigenvalue weighted by atomic mass is 32.2. The van der Waals surface area contributed by atoms with E-state index in [9.17, 15) is 4.79 Å². The molecule has 0 N–H and O–H groups in total. The minimum absolute atomic E-state index is 0.111. The standard InChI is InChI=1S/C19H26O3S/c1-3-21-17(20)13-19-12-4-5-15(19)8-11-18(22-19)23-16-9-6-14(2)7-10-16/h6-7,9-10,15,18H,3-5,8,11-13H2,1-2H3/t15-,18+,19+/m1/s1. The predicted octanol–water partition coefficient (Wildman–Crippen LogP) is 4.72. The molecule has 1 saturated carbocycles. The molecule has 0 bridgehead atoms. The molecule has 0 unspecified atom stereocenters. The third-order valence-corrected chi connectivity index (χ3v) is 6.19. The van der Waals surface area contributed by atoms with Crippen molar-refractivity contribution < 1.29 is 14.3 Å². The van der Waals surface area contributed by atoms with E-state index in [-0.39, 0.29) is 17.0 Å². The van der Waals surface area contributed by atoms with Crippen LogP contribution in [0.1, 0.15) is 51.0 Å². The van der Waals surface area contributed by atoms with Crippen molar-refractivity contribution in [2.75, 3.05) is 6.61 Å². The molecule has 1 heterocycles. The highest BCUT2D eigenvalue weighted by Crippen LogP contribution is 2.50. The molecule has 2 fully saturated rings. The highest BCUT2D eigenvalue weighted by Gasteiger charge is 2.49. The van der Waals surface area contributed by atoms with E-state index in [0.717, 1.165) is 25.7 Å². The van der Waals surface area contributed by atoms with Crippen LogP contribution in [0.5, 0.6) is 0 Å². The van der Waals surface area contributed by atoms with Crippen LogP contribution >= 0.6 is 11.8 Å². The van der Waals surface area contributed by atoms with Gasteiger partial charge in [-0.1, -0.05) is 35.9 Å². The van der Waals surface area contributed by atoms with Crippen LogP contribution in [-0.2, 0) is 14.3 Å². The molecule has 0 amide bonds. The van der Waals surface area contributed by atoms with Crippen molar-refractivity contribution in [3.63, 3.8) is 0 Å². The Kier molecular flexibility index (Phi) is 5.32. The third-order valence-electron chi connectivity index (χ3n) is 5.05. The quantitative estimate of drug-likeness (QED) is 0.730. The molecule has 0 radical (unpaired) electrons. The second-order valence-electron chi connectivity index (χ2n) is 6.69. The number of esters is 1. The van der Waals surface area contributed by atoms with Gasteiger partial charge in [0.1, 0.15) is 5.44 Å². The molecule has 1 aromatic carbocycles. The molecule has 1 aromatic rings. The fourth-order valence-corrected chi connectivity index (χ4v) is 5.01. The van der Waals surface area contributed by atoms with Crippen LogP contribution in [-0.4, -0.2) is 23.6 Å². The van der Waals surface area contributed by atoms with Crippen LogP contribution in [0.25, 0.3) is 0 Å². The van der Waals surface area contributed by atoms with Crippen molar-refractivity contribution in [3.8, 4) is 0 Å². The zero-order chi connectivity index (χ0) is 16.3. The van der Waals surface area contributed by atoms with Crippen LogP contribution < -0.4 is 0 Å². The van der Waals surface area contributed by atoms with E-state index in [1.54, 1.807) is 11.8 Å². The number of carbonyl (C=O) groups is 1. The van der Waals surface area contributed by atoms with Crippen molar-refractivity contribution >= 4 is 17.7 Å². The molecule has 126 valence electrons. The molecule has 1 saturated heterocycles. The van der Waals surface area contributed by atoms with Gasteiger partial charge in [0.15, 0.2) is 0 Å². The summed E-state index contributed by atoms with van der Waals surface area (Å²) in [5, 5.41) is 0. The van der Waals surface area contributed by atoms with Crippen molar-refractivity contribution in [1.29, 1.82) is 0 Å². The van der Waals surface area contributed by atoms with Gasteiger partial charge in [-0.2, -0.15) is 0 Å². The van der Waals surface area contributed by atoms with Crippen molar-refractivity contribution in [2.45, 2.75) is 68.3 Å². The number of aryl methyl sites for hydroxylation is 1. The molecule has 2 aliphatic rings. The molecule has 3 atom stereocenters. The molecule has 1 aliphatic carbocycles. The van der Waals surface area contributed by atoms with Gasteiger partial charge in [0.25, 0.3) is 0 Å². The Morgan fingerprint density at radius 1 is 1.30 bits per heavy atom. The zero-order valence-electron chi connectivity index (χ0n) is 14.0. The van der Waals surface area contributed by atoms with Gasteiger partial charge in [-0.15, -0.1) is 0 Å². The Bertz CT molecular complexity index is 542. The fraction of sp³-hybridized carbons (Fsp3) is 0.632. The first-order valence-electron chi connectivity index (χ1n) is 8.68. The number of hydrogen-bond donors (Lipinski definition) is 0. The Morgan fingerprint density at radius 2 is 2.09 bits per heavy atom. The van der Waals surface area contributed by atoms with Gasteiger partial charge in [-0.25, -0.2) is 0 Å². The number of carbonyl (C=O) groups excluding carboxylic acids is 1.